The molecular formula is C14H14B4ClN3O. The van der Waals surface area contributed by atoms with E-state index in [1.807, 2.05) is 4.57 Å². The quantitative estimate of drug-likeness (QED) is 0.689. The van der Waals surface area contributed by atoms with Crippen LogP contribution in [-0.2, 0) is 5.50 Å². The Kier molecular flexibility index (Phi) is 4.34. The number of halogens is 1. The van der Waals surface area contributed by atoms with Gasteiger partial charge in [0.25, 0.3) is 0 Å². The standard InChI is InChI=1S/C14H14B4ClN3O/c15-13(23,14(16,17)18)12-21-9-7-20-11(19)6-10(9)22(12)8-4-2-1-3-5-8/h6-8,23H,1-5H2. The summed E-state index contributed by atoms with van der Waals surface area (Å²) in [6.45, 7) is 0. The summed E-state index contributed by atoms with van der Waals surface area (Å²) in [5.41, 5.74) is -0.904. The van der Waals surface area contributed by atoms with Crippen molar-refractivity contribution in [2.75, 3.05) is 0 Å². The number of fused-ring (bicyclic) bond motifs is 1. The molecule has 0 saturated heterocycles. The molecule has 1 aliphatic carbocycles. The summed E-state index contributed by atoms with van der Waals surface area (Å²) in [6, 6.07) is 1.82. The largest absolute Gasteiger partial charge is 0.394 e. The fourth-order valence-corrected chi connectivity index (χ4v) is 3.30. The molecule has 0 spiro atoms. The van der Waals surface area contributed by atoms with Gasteiger partial charge in [-0.15, -0.1) is 5.11 Å². The number of hydrogen-bond donors (Lipinski definition) is 1. The summed E-state index contributed by atoms with van der Waals surface area (Å²) in [5, 5.41) is 8.96. The summed E-state index contributed by atoms with van der Waals surface area (Å²) in [6.07, 6.45) is 6.78. The Bertz CT molecular complexity index is 723. The maximum Gasteiger partial charge on any atom is 0.131 e. The third-order valence-corrected chi connectivity index (χ3v) is 4.69. The molecule has 1 unspecified atom stereocenters. The number of pyridine rings is 1. The monoisotopic (exact) mass is 319 g/mol. The second kappa shape index (κ2) is 5.89. The Hall–Kier alpha value is -0.870. The van der Waals surface area contributed by atoms with E-state index in [1.54, 1.807) is 6.07 Å². The van der Waals surface area contributed by atoms with Crippen LogP contribution in [0.5, 0.6) is 0 Å². The van der Waals surface area contributed by atoms with Crippen LogP contribution in [-0.4, -0.2) is 51.0 Å². The lowest BCUT2D eigenvalue weighted by Gasteiger charge is -2.40. The van der Waals surface area contributed by atoms with Gasteiger partial charge in [-0.1, -0.05) is 30.9 Å². The SMILES string of the molecule is [B]C([B])([B])C([B])(O)c1nc2cnc(Cl)cc2n1C1CCCCC1. The molecular weight excluding hydrogens is 305 g/mol. The van der Waals surface area contributed by atoms with E-state index in [0.717, 1.165) is 31.2 Å². The molecule has 23 heavy (non-hydrogen) atoms. The summed E-state index contributed by atoms with van der Waals surface area (Å²) in [5.74, 6) is 0.135. The lowest BCUT2D eigenvalue weighted by Crippen LogP contribution is -2.45. The van der Waals surface area contributed by atoms with Crippen LogP contribution in [0.25, 0.3) is 11.0 Å². The molecule has 1 saturated carbocycles. The first kappa shape index (κ1) is 17.0. The molecule has 1 aliphatic rings. The van der Waals surface area contributed by atoms with Crippen molar-refractivity contribution in [1.82, 2.24) is 14.5 Å². The van der Waals surface area contributed by atoms with Gasteiger partial charge in [-0.3, -0.25) is 0 Å². The molecule has 0 amide bonds. The molecule has 4 nitrogen and oxygen atoms in total. The highest BCUT2D eigenvalue weighted by molar-refractivity contribution is 6.62. The molecule has 1 atom stereocenters. The van der Waals surface area contributed by atoms with Crippen molar-refractivity contribution in [1.29, 1.82) is 0 Å². The van der Waals surface area contributed by atoms with Crippen LogP contribution >= 0.6 is 11.6 Å². The predicted molar refractivity (Wildman–Crippen MR) is 94.3 cm³/mol. The molecule has 0 bridgehead atoms. The van der Waals surface area contributed by atoms with E-state index in [-0.39, 0.29) is 11.9 Å². The van der Waals surface area contributed by atoms with Crippen molar-refractivity contribution in [2.45, 2.75) is 48.8 Å². The van der Waals surface area contributed by atoms with Gasteiger partial charge in [0.1, 0.15) is 24.3 Å². The minimum Gasteiger partial charge on any atom is -0.394 e. The summed E-state index contributed by atoms with van der Waals surface area (Å²) >= 11 is 6.02. The van der Waals surface area contributed by atoms with Gasteiger partial charge >= 0.3 is 0 Å². The molecule has 2 aromatic heterocycles. The molecule has 2 aromatic rings. The first-order chi connectivity index (χ1) is 10.7. The van der Waals surface area contributed by atoms with Crippen LogP contribution in [0.2, 0.25) is 10.3 Å². The molecule has 1 N–H and O–H groups in total. The first-order valence-electron chi connectivity index (χ1n) is 7.63. The van der Waals surface area contributed by atoms with Crippen molar-refractivity contribution < 1.29 is 5.11 Å². The maximum atomic E-state index is 10.7. The van der Waals surface area contributed by atoms with Crippen LogP contribution in [0.1, 0.15) is 44.0 Å². The summed E-state index contributed by atoms with van der Waals surface area (Å²) < 4.78 is 1.86. The van der Waals surface area contributed by atoms with Crippen LogP contribution < -0.4 is 0 Å². The number of rotatable bonds is 3. The molecule has 2 heterocycles. The Morgan fingerprint density at radius 1 is 1.17 bits per heavy atom. The van der Waals surface area contributed by atoms with E-state index in [2.05, 4.69) is 9.97 Å². The van der Waals surface area contributed by atoms with Crippen molar-refractivity contribution in [2.24, 2.45) is 0 Å². The fourth-order valence-electron chi connectivity index (χ4n) is 3.15. The fraction of sp³-hybridized carbons (Fsp3) is 0.571. The van der Waals surface area contributed by atoms with Crippen LogP contribution in [0, 0.1) is 0 Å². The Balaban J connectivity index is 2.24. The van der Waals surface area contributed by atoms with Crippen molar-refractivity contribution in [3.63, 3.8) is 0 Å². The zero-order chi connectivity index (χ0) is 16.8. The first-order valence-corrected chi connectivity index (χ1v) is 8.01. The van der Waals surface area contributed by atoms with Crippen molar-refractivity contribution in [3.8, 4) is 0 Å². The van der Waals surface area contributed by atoms with Crippen LogP contribution in [0.15, 0.2) is 12.3 Å². The minimum atomic E-state index is -2.20. The van der Waals surface area contributed by atoms with Gasteiger partial charge in [0.2, 0.25) is 0 Å². The number of aliphatic hydroxyl groups is 1. The molecule has 0 aliphatic heterocycles. The molecule has 1 fully saturated rings. The Labute approximate surface area is 146 Å². The summed E-state index contributed by atoms with van der Waals surface area (Å²) in [7, 11) is 23.0. The van der Waals surface area contributed by atoms with Gasteiger partial charge in [0.15, 0.2) is 0 Å². The van der Waals surface area contributed by atoms with E-state index in [1.165, 1.54) is 12.6 Å². The third kappa shape index (κ3) is 2.96. The van der Waals surface area contributed by atoms with E-state index in [4.69, 9.17) is 43.0 Å². The normalized spacial score (nSPS) is 19.7. The topological polar surface area (TPSA) is 50.9 Å². The maximum absolute atomic E-state index is 10.7. The lowest BCUT2D eigenvalue weighted by atomic mass is 9.32. The molecule has 8 radical (unpaired) electrons. The van der Waals surface area contributed by atoms with Crippen molar-refractivity contribution in [3.05, 3.63) is 23.2 Å². The van der Waals surface area contributed by atoms with Gasteiger partial charge in [0.05, 0.1) is 40.8 Å². The van der Waals surface area contributed by atoms with Crippen LogP contribution in [0.4, 0.5) is 0 Å². The van der Waals surface area contributed by atoms with E-state index in [0.29, 0.717) is 10.7 Å². The van der Waals surface area contributed by atoms with Crippen LogP contribution in [0.3, 0.4) is 0 Å². The highest BCUT2D eigenvalue weighted by Crippen LogP contribution is 2.40. The number of imidazole rings is 1. The predicted octanol–water partition coefficient (Wildman–Crippen LogP) is 1.48. The Morgan fingerprint density at radius 2 is 1.83 bits per heavy atom. The molecule has 9 heteroatoms. The molecule has 0 aromatic carbocycles. The number of aromatic nitrogens is 3. The Morgan fingerprint density at radius 3 is 2.43 bits per heavy atom. The third-order valence-electron chi connectivity index (χ3n) is 4.48. The van der Waals surface area contributed by atoms with Crippen molar-refractivity contribution >= 4 is 54.0 Å². The van der Waals surface area contributed by atoms with E-state index >= 15 is 0 Å². The number of hydrogen-bond acceptors (Lipinski definition) is 3. The smallest absolute Gasteiger partial charge is 0.131 e. The van der Waals surface area contributed by atoms with Gasteiger partial charge in [-0.05, 0) is 12.8 Å². The van der Waals surface area contributed by atoms with Gasteiger partial charge in [0, 0.05) is 12.1 Å². The zero-order valence-corrected chi connectivity index (χ0v) is 13.5. The molecule has 110 valence electrons. The second-order valence-corrected chi connectivity index (χ2v) is 6.68. The average Bonchev–Trinajstić information content (AvgIpc) is 2.86. The zero-order valence-electron chi connectivity index (χ0n) is 12.7. The number of nitrogens with zero attached hydrogens (tertiary/aromatic N) is 3. The van der Waals surface area contributed by atoms with E-state index < -0.39 is 10.6 Å². The minimum absolute atomic E-state index is 0.125. The van der Waals surface area contributed by atoms with Gasteiger partial charge < -0.3 is 9.67 Å². The van der Waals surface area contributed by atoms with Gasteiger partial charge in [-0.25, -0.2) is 9.97 Å². The van der Waals surface area contributed by atoms with E-state index in [9.17, 15) is 5.11 Å². The molecule has 3 rings (SSSR count). The van der Waals surface area contributed by atoms with Gasteiger partial charge in [-0.2, -0.15) is 0 Å². The highest BCUT2D eigenvalue weighted by Gasteiger charge is 2.40. The average molecular weight is 319 g/mol. The lowest BCUT2D eigenvalue weighted by molar-refractivity contribution is 0.111. The highest BCUT2D eigenvalue weighted by atomic mass is 35.5. The summed E-state index contributed by atoms with van der Waals surface area (Å²) in [4.78, 5) is 8.42. The second-order valence-electron chi connectivity index (χ2n) is 6.29.